The summed E-state index contributed by atoms with van der Waals surface area (Å²) in [6.07, 6.45) is 0. The molecule has 10 aromatic rings. The van der Waals surface area contributed by atoms with E-state index in [9.17, 15) is 0 Å². The second-order valence-corrected chi connectivity index (χ2v) is 17.4. The lowest BCUT2D eigenvalue weighted by molar-refractivity contribution is 0.660. The molecule has 12 rings (SSSR count). The van der Waals surface area contributed by atoms with Crippen molar-refractivity contribution < 1.29 is 0 Å². The fourth-order valence-corrected chi connectivity index (χ4v) is 10.5. The van der Waals surface area contributed by atoms with Crippen LogP contribution < -0.4 is 0 Å². The summed E-state index contributed by atoms with van der Waals surface area (Å²) < 4.78 is 0. The molecule has 2 aliphatic carbocycles. The summed E-state index contributed by atoms with van der Waals surface area (Å²) in [7, 11) is 0. The first kappa shape index (κ1) is 33.3. The van der Waals surface area contributed by atoms with Crippen molar-refractivity contribution >= 4 is 32.6 Å². The van der Waals surface area contributed by atoms with E-state index < -0.39 is 0 Å². The van der Waals surface area contributed by atoms with Crippen molar-refractivity contribution in [3.05, 3.63) is 192 Å². The van der Waals surface area contributed by atoms with Crippen molar-refractivity contribution in [1.29, 1.82) is 0 Å². The van der Waals surface area contributed by atoms with E-state index in [1.165, 1.54) is 55.6 Å². The average molecular weight is 741 g/mol. The van der Waals surface area contributed by atoms with Crippen LogP contribution in [-0.2, 0) is 10.8 Å². The maximum absolute atomic E-state index is 5.64. The Labute approximate surface area is 338 Å². The molecule has 2 aliphatic rings. The molecule has 0 atom stereocenters. The van der Waals surface area contributed by atoms with Crippen LogP contribution in [0.3, 0.4) is 0 Å². The van der Waals surface area contributed by atoms with E-state index in [0.717, 1.165) is 66.2 Å². The van der Waals surface area contributed by atoms with Gasteiger partial charge in [0.1, 0.15) is 0 Å². The van der Waals surface area contributed by atoms with Crippen molar-refractivity contribution in [3.63, 3.8) is 0 Å². The van der Waals surface area contributed by atoms with Gasteiger partial charge in [-0.15, -0.1) is 0 Å². The van der Waals surface area contributed by atoms with E-state index in [0.29, 0.717) is 0 Å². The number of fused-ring (bicyclic) bond motifs is 6. The molecule has 0 saturated carbocycles. The Kier molecular flexibility index (Phi) is 6.78. The fraction of sp³-hybridized carbons (Fsp3) is 0.107. The third-order valence-electron chi connectivity index (χ3n) is 13.4. The molecule has 58 heavy (non-hydrogen) atoms. The number of hydrogen-bond donors (Lipinski definition) is 0. The van der Waals surface area contributed by atoms with E-state index in [-0.39, 0.29) is 10.8 Å². The number of hydrogen-bond acceptors (Lipinski definition) is 2. The third-order valence-corrected chi connectivity index (χ3v) is 13.4. The minimum atomic E-state index is -0.0475. The molecular weight excluding hydrogens is 701 g/mol. The lowest BCUT2D eigenvalue weighted by Crippen LogP contribution is -2.14. The minimum absolute atomic E-state index is 0.0475. The van der Waals surface area contributed by atoms with E-state index >= 15 is 0 Å². The maximum atomic E-state index is 5.64. The van der Waals surface area contributed by atoms with Crippen LogP contribution in [0.15, 0.2) is 170 Å². The Morgan fingerprint density at radius 2 is 0.690 bits per heavy atom. The Hall–Kier alpha value is -6.90. The quantitative estimate of drug-likeness (QED) is 0.168. The molecule has 274 valence electrons. The number of benzene rings is 8. The number of rotatable bonds is 4. The predicted molar refractivity (Wildman–Crippen MR) is 243 cm³/mol. The summed E-state index contributed by atoms with van der Waals surface area (Å²) in [5, 5.41) is 4.56. The molecule has 0 aliphatic heterocycles. The molecule has 0 fully saturated rings. The first-order valence-electron chi connectivity index (χ1n) is 20.4. The Balaban J connectivity index is 1.14. The third kappa shape index (κ3) is 4.60. The zero-order chi connectivity index (χ0) is 38.9. The standard InChI is InChI=1S/C56H40N2/c1-55(2)45-21-13-11-19-39(45)41-27-35(23-25-47(41)55)37-29-43-51-49(31-37)57-54(34-17-9-6-10-18-34)44-30-38(32-50(52(44)51)58-53(43)33-15-7-5-8-16-33)36-24-26-48-42(28-36)40-20-12-14-22-46(40)56(48,3)4/h5-32H,1-4H3. The van der Waals surface area contributed by atoms with Crippen LogP contribution in [0.5, 0.6) is 0 Å². The van der Waals surface area contributed by atoms with Gasteiger partial charge in [0, 0.05) is 43.5 Å². The molecule has 0 unspecified atom stereocenters. The van der Waals surface area contributed by atoms with Gasteiger partial charge in [0.05, 0.1) is 22.4 Å². The van der Waals surface area contributed by atoms with Gasteiger partial charge >= 0.3 is 0 Å². The van der Waals surface area contributed by atoms with Gasteiger partial charge in [-0.3, -0.25) is 0 Å². The van der Waals surface area contributed by atoms with Crippen molar-refractivity contribution in [2.24, 2.45) is 0 Å². The molecule has 8 aromatic carbocycles. The van der Waals surface area contributed by atoms with Crippen LogP contribution in [-0.4, -0.2) is 9.97 Å². The molecule has 0 saturated heterocycles. The molecule has 0 spiro atoms. The fourth-order valence-electron chi connectivity index (χ4n) is 10.5. The van der Waals surface area contributed by atoms with Gasteiger partial charge in [0.15, 0.2) is 0 Å². The molecule has 0 N–H and O–H groups in total. The van der Waals surface area contributed by atoms with Gasteiger partial charge in [0.2, 0.25) is 0 Å². The SMILES string of the molecule is CC1(C)c2ccccc2-c2cc(-c3cc4nc(-c5ccccc5)c5cc(-c6ccc7c(c6)-c6ccccc6C7(C)C)cc6nc(-c7ccccc7)c(c3)c4c65)ccc21. The normalized spacial score (nSPS) is 14.5. The lowest BCUT2D eigenvalue weighted by Gasteiger charge is -2.22. The Bertz CT molecular complexity index is 3090. The average Bonchev–Trinajstić information content (AvgIpc) is 3.64. The van der Waals surface area contributed by atoms with Crippen LogP contribution in [0.4, 0.5) is 0 Å². The van der Waals surface area contributed by atoms with Crippen LogP contribution in [0.25, 0.3) is 99.6 Å². The van der Waals surface area contributed by atoms with Crippen molar-refractivity contribution in [3.8, 4) is 67.0 Å². The summed E-state index contributed by atoms with van der Waals surface area (Å²) in [6.45, 7) is 9.36. The zero-order valence-corrected chi connectivity index (χ0v) is 33.1. The van der Waals surface area contributed by atoms with E-state index in [4.69, 9.17) is 9.97 Å². The molecule has 0 radical (unpaired) electrons. The molecule has 2 heterocycles. The second kappa shape index (κ2) is 11.8. The van der Waals surface area contributed by atoms with Gasteiger partial charge in [-0.1, -0.05) is 161 Å². The summed E-state index contributed by atoms with van der Waals surface area (Å²) >= 11 is 0. The van der Waals surface area contributed by atoms with Gasteiger partial charge in [-0.05, 0) is 103 Å². The number of pyridine rings is 2. The van der Waals surface area contributed by atoms with Crippen molar-refractivity contribution in [2.75, 3.05) is 0 Å². The first-order chi connectivity index (χ1) is 28.3. The topological polar surface area (TPSA) is 25.8 Å². The molecule has 0 bridgehead atoms. The first-order valence-corrected chi connectivity index (χ1v) is 20.4. The van der Waals surface area contributed by atoms with Crippen LogP contribution in [0.1, 0.15) is 49.9 Å². The van der Waals surface area contributed by atoms with E-state index in [1.807, 2.05) is 0 Å². The number of nitrogens with zero attached hydrogens (tertiary/aromatic N) is 2. The largest absolute Gasteiger partial charge is 0.247 e. The summed E-state index contributed by atoms with van der Waals surface area (Å²) in [5.41, 5.74) is 21.5. The predicted octanol–water partition coefficient (Wildman–Crippen LogP) is 14.7. The summed E-state index contributed by atoms with van der Waals surface area (Å²) in [4.78, 5) is 11.3. The van der Waals surface area contributed by atoms with Crippen molar-refractivity contribution in [1.82, 2.24) is 9.97 Å². The maximum Gasteiger partial charge on any atom is 0.0789 e. The minimum Gasteiger partial charge on any atom is -0.247 e. The highest BCUT2D eigenvalue weighted by Crippen LogP contribution is 2.52. The molecule has 2 aromatic heterocycles. The Morgan fingerprint density at radius 3 is 1.12 bits per heavy atom. The van der Waals surface area contributed by atoms with Gasteiger partial charge in [0.25, 0.3) is 0 Å². The zero-order valence-electron chi connectivity index (χ0n) is 33.1. The van der Waals surface area contributed by atoms with Gasteiger partial charge in [-0.2, -0.15) is 0 Å². The molecule has 2 nitrogen and oxygen atoms in total. The van der Waals surface area contributed by atoms with E-state index in [1.54, 1.807) is 0 Å². The van der Waals surface area contributed by atoms with Crippen LogP contribution in [0, 0.1) is 0 Å². The highest BCUT2D eigenvalue weighted by atomic mass is 14.7. The number of aromatic nitrogens is 2. The Morgan fingerprint density at radius 1 is 0.310 bits per heavy atom. The monoisotopic (exact) mass is 740 g/mol. The van der Waals surface area contributed by atoms with Gasteiger partial charge < -0.3 is 0 Å². The molecule has 2 heteroatoms. The highest BCUT2D eigenvalue weighted by Gasteiger charge is 2.36. The summed E-state index contributed by atoms with van der Waals surface area (Å²) in [6, 6.07) is 62.5. The van der Waals surface area contributed by atoms with Crippen molar-refractivity contribution in [2.45, 2.75) is 38.5 Å². The summed E-state index contributed by atoms with van der Waals surface area (Å²) in [5.74, 6) is 0. The molecular formula is C56H40N2. The van der Waals surface area contributed by atoms with E-state index in [2.05, 4.69) is 198 Å². The smallest absolute Gasteiger partial charge is 0.0789 e. The second-order valence-electron chi connectivity index (χ2n) is 17.4. The van der Waals surface area contributed by atoms with Gasteiger partial charge in [-0.25, -0.2) is 9.97 Å². The lowest BCUT2D eigenvalue weighted by atomic mass is 9.82. The van der Waals surface area contributed by atoms with Crippen LogP contribution in [0.2, 0.25) is 0 Å². The van der Waals surface area contributed by atoms with Crippen LogP contribution >= 0.6 is 0 Å². The molecule has 0 amide bonds. The highest BCUT2D eigenvalue weighted by molar-refractivity contribution is 6.27.